The third kappa shape index (κ3) is 4.45. The first kappa shape index (κ1) is 20.7. The van der Waals surface area contributed by atoms with E-state index < -0.39 is 5.54 Å². The first-order valence-electron chi connectivity index (χ1n) is 10.7. The van der Waals surface area contributed by atoms with E-state index in [2.05, 4.69) is 36.4 Å². The fourth-order valence-corrected chi connectivity index (χ4v) is 4.33. The van der Waals surface area contributed by atoms with Crippen LogP contribution in [0.25, 0.3) is 10.8 Å². The van der Waals surface area contributed by atoms with Crippen LogP contribution in [0.1, 0.15) is 49.7 Å². The molecule has 0 unspecified atom stereocenters. The highest BCUT2D eigenvalue weighted by molar-refractivity contribution is 5.84. The van der Waals surface area contributed by atoms with E-state index in [1.54, 1.807) is 7.11 Å². The van der Waals surface area contributed by atoms with Crippen molar-refractivity contribution in [1.82, 2.24) is 0 Å². The summed E-state index contributed by atoms with van der Waals surface area (Å²) in [7, 11) is 1.70. The lowest BCUT2D eigenvalue weighted by atomic mass is 9.82. The predicted octanol–water partition coefficient (Wildman–Crippen LogP) is 5.12. The standard InChI is InChI=1S/C26H31NO3/c1-26(27,17-28)22-9-3-21-16-25(14-8-20(21)15-22)30-24-12-6-19(7-13-24)18-4-10-23(29-2)11-5-18/h3-5,8-11,14-16,19,24,28H,6-7,12-13,17,27H2,1-2H3/t19-,24+,26-/m0/s1. The lowest BCUT2D eigenvalue weighted by Gasteiger charge is -2.29. The second-order valence-electron chi connectivity index (χ2n) is 8.66. The molecule has 4 heteroatoms. The number of rotatable bonds is 6. The molecule has 0 spiro atoms. The van der Waals surface area contributed by atoms with Crippen molar-refractivity contribution in [2.75, 3.05) is 13.7 Å². The quantitative estimate of drug-likeness (QED) is 0.597. The molecule has 3 N–H and O–H groups in total. The minimum absolute atomic E-state index is 0.0844. The van der Waals surface area contributed by atoms with Crippen LogP contribution in [-0.2, 0) is 5.54 Å². The molecular weight excluding hydrogens is 374 g/mol. The van der Waals surface area contributed by atoms with Crippen molar-refractivity contribution >= 4 is 10.8 Å². The van der Waals surface area contributed by atoms with Crippen LogP contribution in [0.2, 0.25) is 0 Å². The lowest BCUT2D eigenvalue weighted by molar-refractivity contribution is 0.146. The molecule has 0 bridgehead atoms. The minimum Gasteiger partial charge on any atom is -0.497 e. The third-order valence-electron chi connectivity index (χ3n) is 6.36. The Labute approximate surface area is 178 Å². The van der Waals surface area contributed by atoms with E-state index >= 15 is 0 Å². The summed E-state index contributed by atoms with van der Waals surface area (Å²) in [5.74, 6) is 2.43. The highest BCUT2D eigenvalue weighted by Crippen LogP contribution is 2.35. The monoisotopic (exact) mass is 405 g/mol. The Balaban J connectivity index is 1.39. The van der Waals surface area contributed by atoms with Crippen molar-refractivity contribution in [3.8, 4) is 11.5 Å². The molecule has 4 rings (SSSR count). The normalized spacial score (nSPS) is 21.2. The molecule has 158 valence electrons. The number of ether oxygens (including phenoxy) is 2. The van der Waals surface area contributed by atoms with Gasteiger partial charge in [0.05, 0.1) is 25.4 Å². The van der Waals surface area contributed by atoms with Crippen molar-refractivity contribution < 1.29 is 14.6 Å². The summed E-state index contributed by atoms with van der Waals surface area (Å²) in [5.41, 5.74) is 7.77. The van der Waals surface area contributed by atoms with Gasteiger partial charge in [-0.1, -0.05) is 30.3 Å². The summed E-state index contributed by atoms with van der Waals surface area (Å²) < 4.78 is 11.6. The zero-order valence-corrected chi connectivity index (χ0v) is 17.8. The van der Waals surface area contributed by atoms with Gasteiger partial charge in [0.15, 0.2) is 0 Å². The van der Waals surface area contributed by atoms with Gasteiger partial charge in [0.25, 0.3) is 0 Å². The number of methoxy groups -OCH3 is 1. The smallest absolute Gasteiger partial charge is 0.120 e. The third-order valence-corrected chi connectivity index (χ3v) is 6.36. The minimum atomic E-state index is -0.730. The number of aliphatic hydroxyl groups is 1. The van der Waals surface area contributed by atoms with E-state index in [1.807, 2.05) is 31.2 Å². The van der Waals surface area contributed by atoms with Crippen molar-refractivity contribution in [3.05, 3.63) is 71.8 Å². The number of aliphatic hydroxyl groups excluding tert-OH is 1. The summed E-state index contributed by atoms with van der Waals surface area (Å²) in [4.78, 5) is 0. The molecule has 3 aromatic carbocycles. The van der Waals surface area contributed by atoms with Gasteiger partial charge in [-0.25, -0.2) is 0 Å². The number of hydrogen-bond acceptors (Lipinski definition) is 4. The predicted molar refractivity (Wildman–Crippen MR) is 121 cm³/mol. The molecule has 1 aliphatic carbocycles. The maximum absolute atomic E-state index is 9.51. The van der Waals surface area contributed by atoms with Gasteiger partial charge in [0.1, 0.15) is 11.5 Å². The van der Waals surface area contributed by atoms with Crippen molar-refractivity contribution in [1.29, 1.82) is 0 Å². The Hall–Kier alpha value is -2.56. The Morgan fingerprint density at radius 2 is 1.53 bits per heavy atom. The van der Waals surface area contributed by atoms with Gasteiger partial charge < -0.3 is 20.3 Å². The molecule has 0 heterocycles. The molecular formula is C26H31NO3. The van der Waals surface area contributed by atoms with Crippen LogP contribution in [0.5, 0.6) is 11.5 Å². The van der Waals surface area contributed by atoms with Gasteiger partial charge in [-0.05, 0) is 90.8 Å². The fourth-order valence-electron chi connectivity index (χ4n) is 4.33. The van der Waals surface area contributed by atoms with Crippen LogP contribution in [0.15, 0.2) is 60.7 Å². The molecule has 4 nitrogen and oxygen atoms in total. The summed E-state index contributed by atoms with van der Waals surface area (Å²) in [5, 5.41) is 11.7. The molecule has 3 aromatic rings. The maximum Gasteiger partial charge on any atom is 0.120 e. The average molecular weight is 406 g/mol. The summed E-state index contributed by atoms with van der Waals surface area (Å²) >= 11 is 0. The Bertz CT molecular complexity index is 989. The zero-order chi connectivity index (χ0) is 21.1. The van der Waals surface area contributed by atoms with Gasteiger partial charge in [0, 0.05) is 0 Å². The van der Waals surface area contributed by atoms with Gasteiger partial charge in [-0.3, -0.25) is 0 Å². The molecule has 0 amide bonds. The summed E-state index contributed by atoms with van der Waals surface area (Å²) in [6.07, 6.45) is 4.68. The molecule has 30 heavy (non-hydrogen) atoms. The second-order valence-corrected chi connectivity index (χ2v) is 8.66. The molecule has 1 atom stereocenters. The lowest BCUT2D eigenvalue weighted by Crippen LogP contribution is -2.36. The highest BCUT2D eigenvalue weighted by Gasteiger charge is 2.24. The van der Waals surface area contributed by atoms with Gasteiger partial charge >= 0.3 is 0 Å². The topological polar surface area (TPSA) is 64.7 Å². The van der Waals surface area contributed by atoms with Crippen molar-refractivity contribution in [3.63, 3.8) is 0 Å². The number of fused-ring (bicyclic) bond motifs is 1. The molecule has 1 aliphatic rings. The van der Waals surface area contributed by atoms with Crippen LogP contribution in [0.4, 0.5) is 0 Å². The second kappa shape index (κ2) is 8.66. The number of nitrogens with two attached hydrogens (primary N) is 1. The Morgan fingerprint density at radius 3 is 2.20 bits per heavy atom. The Morgan fingerprint density at radius 1 is 0.900 bits per heavy atom. The van der Waals surface area contributed by atoms with Crippen molar-refractivity contribution in [2.24, 2.45) is 5.73 Å². The number of benzene rings is 3. The Kier molecular flexibility index (Phi) is 5.98. The SMILES string of the molecule is COc1ccc([C@H]2CC[C@@H](Oc3ccc4cc([C@@](C)(N)CO)ccc4c3)CC2)cc1. The molecule has 0 radical (unpaired) electrons. The van der Waals surface area contributed by atoms with Crippen LogP contribution in [0.3, 0.4) is 0 Å². The first-order chi connectivity index (χ1) is 14.5. The molecule has 1 fully saturated rings. The number of hydrogen-bond donors (Lipinski definition) is 2. The van der Waals surface area contributed by atoms with Gasteiger partial charge in [0.2, 0.25) is 0 Å². The van der Waals surface area contributed by atoms with E-state index in [0.717, 1.165) is 53.5 Å². The molecule has 0 saturated heterocycles. The first-order valence-corrected chi connectivity index (χ1v) is 10.7. The van der Waals surface area contributed by atoms with E-state index in [0.29, 0.717) is 5.92 Å². The maximum atomic E-state index is 9.51. The van der Waals surface area contributed by atoms with E-state index in [1.165, 1.54) is 5.56 Å². The average Bonchev–Trinajstić information content (AvgIpc) is 2.79. The zero-order valence-electron chi connectivity index (χ0n) is 17.8. The van der Waals surface area contributed by atoms with Crippen molar-refractivity contribution in [2.45, 2.75) is 50.2 Å². The van der Waals surface area contributed by atoms with Crippen LogP contribution < -0.4 is 15.2 Å². The fraction of sp³-hybridized carbons (Fsp3) is 0.385. The van der Waals surface area contributed by atoms with E-state index in [-0.39, 0.29) is 12.7 Å². The highest BCUT2D eigenvalue weighted by atomic mass is 16.5. The van der Waals surface area contributed by atoms with Crippen LogP contribution in [0, 0.1) is 0 Å². The molecule has 0 aromatic heterocycles. The summed E-state index contributed by atoms with van der Waals surface area (Å²) in [6, 6.07) is 20.8. The largest absolute Gasteiger partial charge is 0.497 e. The molecule has 1 saturated carbocycles. The van der Waals surface area contributed by atoms with Crippen LogP contribution in [-0.4, -0.2) is 24.9 Å². The van der Waals surface area contributed by atoms with E-state index in [4.69, 9.17) is 15.2 Å². The van der Waals surface area contributed by atoms with Gasteiger partial charge in [-0.15, -0.1) is 0 Å². The summed E-state index contributed by atoms with van der Waals surface area (Å²) in [6.45, 7) is 1.76. The van der Waals surface area contributed by atoms with E-state index in [9.17, 15) is 5.11 Å². The van der Waals surface area contributed by atoms with Gasteiger partial charge in [-0.2, -0.15) is 0 Å². The molecule has 0 aliphatic heterocycles. The van der Waals surface area contributed by atoms with Crippen LogP contribution >= 0.6 is 0 Å².